The fourth-order valence-electron chi connectivity index (χ4n) is 2.42. The Morgan fingerprint density at radius 2 is 2.07 bits per heavy atom. The van der Waals surface area contributed by atoms with Gasteiger partial charge in [-0.05, 0) is 36.2 Å². The van der Waals surface area contributed by atoms with Gasteiger partial charge in [-0.3, -0.25) is 14.9 Å². The van der Waals surface area contributed by atoms with Crippen LogP contribution in [-0.2, 0) is 13.0 Å². The van der Waals surface area contributed by atoms with Crippen molar-refractivity contribution in [2.45, 2.75) is 26.3 Å². The van der Waals surface area contributed by atoms with E-state index in [1.807, 2.05) is 13.0 Å². The van der Waals surface area contributed by atoms with Crippen LogP contribution < -0.4 is 10.9 Å². The first kappa shape index (κ1) is 19.5. The number of anilines is 1. The number of carbonyl (C=O) groups excluding carboxylic acids is 1. The van der Waals surface area contributed by atoms with Crippen molar-refractivity contribution in [2.75, 3.05) is 5.32 Å². The molecular formula is C18H16Cl2N4O2S. The summed E-state index contributed by atoms with van der Waals surface area (Å²) in [5.74, 6) is -0.415. The zero-order valence-corrected chi connectivity index (χ0v) is 16.7. The van der Waals surface area contributed by atoms with E-state index in [4.69, 9.17) is 23.2 Å². The number of aromatic nitrogens is 3. The minimum atomic E-state index is -0.415. The molecule has 0 saturated heterocycles. The number of hydrogen-bond acceptors (Lipinski definition) is 5. The van der Waals surface area contributed by atoms with Crippen LogP contribution in [0.3, 0.4) is 0 Å². The van der Waals surface area contributed by atoms with Gasteiger partial charge in [0.1, 0.15) is 5.69 Å². The van der Waals surface area contributed by atoms with Gasteiger partial charge in [0.2, 0.25) is 0 Å². The molecule has 0 aliphatic carbocycles. The molecule has 0 aliphatic rings. The molecule has 0 aliphatic heterocycles. The van der Waals surface area contributed by atoms with Gasteiger partial charge in [-0.2, -0.15) is 5.10 Å². The van der Waals surface area contributed by atoms with Crippen LogP contribution in [0.2, 0.25) is 10.0 Å². The molecule has 27 heavy (non-hydrogen) atoms. The fourth-order valence-corrected chi connectivity index (χ4v) is 3.63. The van der Waals surface area contributed by atoms with Crippen molar-refractivity contribution in [3.8, 4) is 0 Å². The summed E-state index contributed by atoms with van der Waals surface area (Å²) in [6, 6.07) is 8.04. The predicted molar refractivity (Wildman–Crippen MR) is 108 cm³/mol. The molecule has 3 aromatic rings. The highest BCUT2D eigenvalue weighted by molar-refractivity contribution is 7.15. The lowest BCUT2D eigenvalue weighted by molar-refractivity contribution is 0.101. The molecule has 3 rings (SSSR count). The number of benzene rings is 1. The number of carbonyl (C=O) groups is 1. The molecule has 0 atom stereocenters. The second-order valence-corrected chi connectivity index (χ2v) is 7.74. The Kier molecular flexibility index (Phi) is 6.26. The maximum Gasteiger partial charge on any atom is 0.277 e. The molecule has 0 radical (unpaired) electrons. The Morgan fingerprint density at radius 1 is 1.26 bits per heavy atom. The molecule has 2 aromatic heterocycles. The number of nitrogens with zero attached hydrogens (tertiary/aromatic N) is 3. The third-order valence-corrected chi connectivity index (χ3v) is 5.20. The highest BCUT2D eigenvalue weighted by Crippen LogP contribution is 2.27. The summed E-state index contributed by atoms with van der Waals surface area (Å²) in [5, 5.41) is 8.49. The summed E-state index contributed by atoms with van der Waals surface area (Å²) < 4.78 is 1.28. The molecule has 0 bridgehead atoms. The number of hydrogen-bond donors (Lipinski definition) is 1. The van der Waals surface area contributed by atoms with Crippen molar-refractivity contribution < 1.29 is 4.79 Å². The van der Waals surface area contributed by atoms with Crippen LogP contribution in [-0.4, -0.2) is 20.7 Å². The van der Waals surface area contributed by atoms with Crippen LogP contribution in [0, 0.1) is 0 Å². The molecule has 9 heteroatoms. The van der Waals surface area contributed by atoms with Crippen molar-refractivity contribution in [1.82, 2.24) is 14.8 Å². The largest absolute Gasteiger partial charge is 0.296 e. The quantitative estimate of drug-likeness (QED) is 0.643. The topological polar surface area (TPSA) is 76.9 Å². The van der Waals surface area contributed by atoms with E-state index in [9.17, 15) is 9.59 Å². The van der Waals surface area contributed by atoms with Gasteiger partial charge >= 0.3 is 0 Å². The average molecular weight is 423 g/mol. The maximum absolute atomic E-state index is 12.4. The Balaban J connectivity index is 1.72. The number of aryl methyl sites for hydroxylation is 1. The molecule has 1 amide bonds. The molecule has 0 unspecified atom stereocenters. The molecule has 1 aromatic carbocycles. The van der Waals surface area contributed by atoms with Crippen molar-refractivity contribution >= 4 is 45.6 Å². The summed E-state index contributed by atoms with van der Waals surface area (Å²) in [5.41, 5.74) is 0.819. The van der Waals surface area contributed by atoms with Crippen LogP contribution in [0.25, 0.3) is 0 Å². The van der Waals surface area contributed by atoms with Gasteiger partial charge in [0.25, 0.3) is 11.5 Å². The summed E-state index contributed by atoms with van der Waals surface area (Å²) in [6.07, 6.45) is 3.00. The van der Waals surface area contributed by atoms with Crippen LogP contribution in [0.15, 0.2) is 41.3 Å². The van der Waals surface area contributed by atoms with Crippen LogP contribution in [0.5, 0.6) is 0 Å². The van der Waals surface area contributed by atoms with Gasteiger partial charge in [-0.25, -0.2) is 9.67 Å². The number of rotatable bonds is 6. The van der Waals surface area contributed by atoms with E-state index in [1.165, 1.54) is 28.2 Å². The van der Waals surface area contributed by atoms with E-state index in [0.717, 1.165) is 16.9 Å². The number of thiazole rings is 1. The SMILES string of the molecule is CCCn1nc(C(=O)Nc2ncc(Cc3cc(Cl)ccc3Cl)s2)ccc1=O. The number of nitrogens with one attached hydrogen (secondary N) is 1. The highest BCUT2D eigenvalue weighted by Gasteiger charge is 2.13. The molecule has 0 saturated carbocycles. The van der Waals surface area contributed by atoms with Crippen LogP contribution in [0.4, 0.5) is 5.13 Å². The third-order valence-electron chi connectivity index (χ3n) is 3.68. The van der Waals surface area contributed by atoms with E-state index < -0.39 is 5.91 Å². The monoisotopic (exact) mass is 422 g/mol. The molecule has 0 spiro atoms. The summed E-state index contributed by atoms with van der Waals surface area (Å²) in [4.78, 5) is 29.2. The fraction of sp³-hybridized carbons (Fsp3) is 0.222. The van der Waals surface area contributed by atoms with Crippen molar-refractivity contribution in [1.29, 1.82) is 0 Å². The maximum atomic E-state index is 12.4. The summed E-state index contributed by atoms with van der Waals surface area (Å²) >= 11 is 13.5. The van der Waals surface area contributed by atoms with Gasteiger partial charge < -0.3 is 0 Å². The molecule has 0 fully saturated rings. The second kappa shape index (κ2) is 8.65. The predicted octanol–water partition coefficient (Wildman–Crippen LogP) is 4.26. The Labute approximate surface area is 169 Å². The zero-order valence-electron chi connectivity index (χ0n) is 14.4. The van der Waals surface area contributed by atoms with Crippen LogP contribution >= 0.6 is 34.5 Å². The Hall–Kier alpha value is -2.22. The molecule has 140 valence electrons. The smallest absolute Gasteiger partial charge is 0.277 e. The first-order chi connectivity index (χ1) is 13.0. The zero-order chi connectivity index (χ0) is 19.4. The highest BCUT2D eigenvalue weighted by atomic mass is 35.5. The first-order valence-electron chi connectivity index (χ1n) is 8.24. The van der Waals surface area contributed by atoms with Crippen LogP contribution in [0.1, 0.15) is 34.3 Å². The van der Waals surface area contributed by atoms with E-state index in [2.05, 4.69) is 15.4 Å². The van der Waals surface area contributed by atoms with E-state index in [-0.39, 0.29) is 11.3 Å². The lowest BCUT2D eigenvalue weighted by Gasteiger charge is -2.05. The molecule has 1 N–H and O–H groups in total. The molecular weight excluding hydrogens is 407 g/mol. The van der Waals surface area contributed by atoms with Gasteiger partial charge in [-0.1, -0.05) is 30.1 Å². The minimum absolute atomic E-state index is 0.165. The van der Waals surface area contributed by atoms with E-state index in [1.54, 1.807) is 18.3 Å². The Bertz CT molecular complexity index is 1030. The van der Waals surface area contributed by atoms with Crippen molar-refractivity contribution in [3.05, 3.63) is 73.1 Å². The van der Waals surface area contributed by atoms with E-state index in [0.29, 0.717) is 28.1 Å². The van der Waals surface area contributed by atoms with Gasteiger partial charge in [0.05, 0.1) is 0 Å². The minimum Gasteiger partial charge on any atom is -0.296 e. The Morgan fingerprint density at radius 3 is 2.85 bits per heavy atom. The molecule has 6 nitrogen and oxygen atoms in total. The lowest BCUT2D eigenvalue weighted by Crippen LogP contribution is -2.26. The standard InChI is InChI=1S/C18H16Cl2N4O2S/c1-2-7-24-16(25)6-5-15(23-24)17(26)22-18-21-10-13(27-18)9-11-8-12(19)3-4-14(11)20/h3-6,8,10H,2,7,9H2,1H3,(H,21,22,26). The van der Waals surface area contributed by atoms with Gasteiger partial charge in [0.15, 0.2) is 5.13 Å². The van der Waals surface area contributed by atoms with Gasteiger partial charge in [-0.15, -0.1) is 11.3 Å². The average Bonchev–Trinajstić information content (AvgIpc) is 3.07. The van der Waals surface area contributed by atoms with Crippen molar-refractivity contribution in [3.63, 3.8) is 0 Å². The summed E-state index contributed by atoms with van der Waals surface area (Å²) in [6.45, 7) is 2.39. The van der Waals surface area contributed by atoms with Gasteiger partial charge in [0, 0.05) is 40.2 Å². The normalized spacial score (nSPS) is 10.8. The van der Waals surface area contributed by atoms with Crippen molar-refractivity contribution in [2.24, 2.45) is 0 Å². The summed E-state index contributed by atoms with van der Waals surface area (Å²) in [7, 11) is 0. The molecule has 2 heterocycles. The first-order valence-corrected chi connectivity index (χ1v) is 9.81. The number of halogens is 2. The number of amides is 1. The second-order valence-electron chi connectivity index (χ2n) is 5.78. The third kappa shape index (κ3) is 4.94. The lowest BCUT2D eigenvalue weighted by atomic mass is 10.1. The van der Waals surface area contributed by atoms with E-state index >= 15 is 0 Å².